The summed E-state index contributed by atoms with van der Waals surface area (Å²) in [6.45, 7) is 2.11. The summed E-state index contributed by atoms with van der Waals surface area (Å²) in [5, 5.41) is 5.67. The molecule has 7 heteroatoms. The third kappa shape index (κ3) is 2.26. The minimum absolute atomic E-state index is 0.375. The highest BCUT2D eigenvalue weighted by Gasteiger charge is 2.20. The third-order valence-corrected chi connectivity index (χ3v) is 3.92. The molecule has 0 saturated heterocycles. The monoisotopic (exact) mass is 323 g/mol. The van der Waals surface area contributed by atoms with Crippen molar-refractivity contribution >= 4 is 40.3 Å². The molecule has 2 heterocycles. The molecule has 0 aliphatic heterocycles. The Labute approximate surface area is 132 Å². The molecular weight excluding hydrogens is 309 g/mol. The maximum absolute atomic E-state index is 6.29. The summed E-state index contributed by atoms with van der Waals surface area (Å²) in [5.74, 6) is 0.375. The first-order valence-corrected chi connectivity index (χ1v) is 7.43. The number of nitrogens with two attached hydrogens (primary N) is 1. The number of benzene rings is 1. The predicted octanol–water partition coefficient (Wildman–Crippen LogP) is 3.60. The van der Waals surface area contributed by atoms with E-state index in [1.165, 1.54) is 0 Å². The van der Waals surface area contributed by atoms with E-state index in [9.17, 15) is 0 Å². The van der Waals surface area contributed by atoms with Crippen molar-refractivity contribution in [1.29, 1.82) is 0 Å². The molecule has 0 radical (unpaired) electrons. The van der Waals surface area contributed by atoms with Gasteiger partial charge in [-0.15, -0.1) is 0 Å². The van der Waals surface area contributed by atoms with Gasteiger partial charge in [0.05, 0.1) is 16.4 Å². The molecule has 0 aliphatic carbocycles. The number of nitrogen functional groups attached to an aromatic ring is 1. The van der Waals surface area contributed by atoms with Gasteiger partial charge in [0.15, 0.2) is 5.65 Å². The molecule has 5 nitrogen and oxygen atoms in total. The quantitative estimate of drug-likeness (QED) is 0.801. The Morgan fingerprint density at radius 3 is 2.76 bits per heavy atom. The second kappa shape index (κ2) is 5.24. The van der Waals surface area contributed by atoms with Gasteiger partial charge in [0.25, 0.3) is 0 Å². The molecule has 0 saturated carbocycles. The average Bonchev–Trinajstić information content (AvgIpc) is 2.91. The van der Waals surface area contributed by atoms with Gasteiger partial charge in [-0.3, -0.25) is 4.57 Å². The van der Waals surface area contributed by atoms with E-state index in [2.05, 4.69) is 17.0 Å². The maximum atomic E-state index is 6.29. The number of fused-ring (bicyclic) bond motifs is 1. The number of aromatic nitrogens is 4. The Hall–Kier alpha value is -1.72. The van der Waals surface area contributed by atoms with Gasteiger partial charge in [-0.25, -0.2) is 9.67 Å². The number of halogens is 2. The summed E-state index contributed by atoms with van der Waals surface area (Å²) in [5.41, 5.74) is 9.37. The summed E-state index contributed by atoms with van der Waals surface area (Å²) in [6.07, 6.45) is 1.86. The standard InChI is InChI=1S/C14H15Cl2N5/c1-3-4-10-12-13(20(2)19-10)21(14(17)18-12)11-7-8(15)5-6-9(11)16/h5-7H,3-4H2,1-2H3,(H2,17,18). The molecule has 0 spiro atoms. The minimum Gasteiger partial charge on any atom is -0.369 e. The molecule has 0 fully saturated rings. The zero-order chi connectivity index (χ0) is 15.1. The Bertz CT molecular complexity index is 818. The summed E-state index contributed by atoms with van der Waals surface area (Å²) in [6, 6.07) is 5.26. The molecule has 0 amide bonds. The van der Waals surface area contributed by atoms with Crippen LogP contribution in [0.25, 0.3) is 16.9 Å². The van der Waals surface area contributed by atoms with E-state index >= 15 is 0 Å². The summed E-state index contributed by atoms with van der Waals surface area (Å²) >= 11 is 12.4. The van der Waals surface area contributed by atoms with Gasteiger partial charge in [0, 0.05) is 12.1 Å². The van der Waals surface area contributed by atoms with Crippen molar-refractivity contribution in [3.05, 3.63) is 33.9 Å². The zero-order valence-corrected chi connectivity index (χ0v) is 13.3. The zero-order valence-electron chi connectivity index (χ0n) is 11.8. The van der Waals surface area contributed by atoms with E-state index in [-0.39, 0.29) is 0 Å². The number of hydrogen-bond acceptors (Lipinski definition) is 3. The minimum atomic E-state index is 0.375. The molecule has 0 bridgehead atoms. The van der Waals surface area contributed by atoms with Gasteiger partial charge in [0.2, 0.25) is 5.95 Å². The van der Waals surface area contributed by atoms with Crippen LogP contribution < -0.4 is 5.73 Å². The van der Waals surface area contributed by atoms with E-state index in [0.717, 1.165) is 29.7 Å². The Kier molecular flexibility index (Phi) is 3.55. The lowest BCUT2D eigenvalue weighted by Crippen LogP contribution is -2.05. The van der Waals surface area contributed by atoms with E-state index in [1.54, 1.807) is 27.4 Å². The van der Waals surface area contributed by atoms with Crippen LogP contribution in [0.1, 0.15) is 19.0 Å². The highest BCUT2D eigenvalue weighted by atomic mass is 35.5. The van der Waals surface area contributed by atoms with Crippen LogP contribution in [-0.2, 0) is 13.5 Å². The molecule has 0 atom stereocenters. The summed E-state index contributed by atoms with van der Waals surface area (Å²) < 4.78 is 3.57. The molecule has 0 unspecified atom stereocenters. The van der Waals surface area contributed by atoms with E-state index in [1.807, 2.05) is 7.05 Å². The number of hydrogen-bond donors (Lipinski definition) is 1. The molecule has 3 aromatic rings. The molecule has 110 valence electrons. The molecule has 2 aromatic heterocycles. The molecule has 0 aliphatic rings. The molecule has 1 aromatic carbocycles. The van der Waals surface area contributed by atoms with Crippen LogP contribution >= 0.6 is 23.2 Å². The number of imidazole rings is 1. The Balaban J connectivity index is 2.32. The number of rotatable bonds is 3. The highest BCUT2D eigenvalue weighted by Crippen LogP contribution is 2.31. The van der Waals surface area contributed by atoms with E-state index in [4.69, 9.17) is 28.9 Å². The first-order valence-electron chi connectivity index (χ1n) is 6.68. The molecular formula is C14H15Cl2N5. The van der Waals surface area contributed by atoms with Crippen molar-refractivity contribution in [2.75, 3.05) is 5.73 Å². The number of nitrogens with zero attached hydrogens (tertiary/aromatic N) is 4. The highest BCUT2D eigenvalue weighted by molar-refractivity contribution is 6.34. The fourth-order valence-corrected chi connectivity index (χ4v) is 2.86. The van der Waals surface area contributed by atoms with Crippen LogP contribution in [-0.4, -0.2) is 19.3 Å². The fourth-order valence-electron chi connectivity index (χ4n) is 2.50. The van der Waals surface area contributed by atoms with Gasteiger partial charge in [-0.05, 0) is 24.6 Å². The van der Waals surface area contributed by atoms with Crippen molar-refractivity contribution < 1.29 is 0 Å². The van der Waals surface area contributed by atoms with Crippen molar-refractivity contribution in [1.82, 2.24) is 19.3 Å². The van der Waals surface area contributed by atoms with Gasteiger partial charge in [0.1, 0.15) is 5.52 Å². The van der Waals surface area contributed by atoms with Gasteiger partial charge < -0.3 is 5.73 Å². The molecule has 3 rings (SSSR count). The molecule has 21 heavy (non-hydrogen) atoms. The lowest BCUT2D eigenvalue weighted by atomic mass is 10.2. The predicted molar refractivity (Wildman–Crippen MR) is 86.3 cm³/mol. The van der Waals surface area contributed by atoms with Crippen molar-refractivity contribution in [3.63, 3.8) is 0 Å². The summed E-state index contributed by atoms with van der Waals surface area (Å²) in [7, 11) is 1.87. The normalized spacial score (nSPS) is 11.4. The lowest BCUT2D eigenvalue weighted by molar-refractivity contribution is 0.738. The topological polar surface area (TPSA) is 61.7 Å². The van der Waals surface area contributed by atoms with Crippen molar-refractivity contribution in [2.45, 2.75) is 19.8 Å². The number of aryl methyl sites for hydroxylation is 2. The maximum Gasteiger partial charge on any atom is 0.207 e. The van der Waals surface area contributed by atoms with E-state index in [0.29, 0.717) is 21.7 Å². The van der Waals surface area contributed by atoms with Crippen LogP contribution in [0.5, 0.6) is 0 Å². The van der Waals surface area contributed by atoms with Crippen molar-refractivity contribution in [2.24, 2.45) is 7.05 Å². The second-order valence-corrected chi connectivity index (χ2v) is 5.74. The van der Waals surface area contributed by atoms with Gasteiger partial charge in [-0.1, -0.05) is 36.5 Å². The second-order valence-electron chi connectivity index (χ2n) is 4.89. The molecule has 2 N–H and O–H groups in total. The average molecular weight is 324 g/mol. The van der Waals surface area contributed by atoms with Crippen molar-refractivity contribution in [3.8, 4) is 5.69 Å². The SMILES string of the molecule is CCCc1nn(C)c2c1nc(N)n2-c1cc(Cl)ccc1Cl. The van der Waals surface area contributed by atoms with Crippen LogP contribution in [0.4, 0.5) is 5.95 Å². The Morgan fingerprint density at radius 1 is 1.29 bits per heavy atom. The van der Waals surface area contributed by atoms with Crippen LogP contribution in [0.15, 0.2) is 18.2 Å². The van der Waals surface area contributed by atoms with Crippen LogP contribution in [0.2, 0.25) is 10.0 Å². The first-order chi connectivity index (χ1) is 10.0. The third-order valence-electron chi connectivity index (χ3n) is 3.37. The first kappa shape index (κ1) is 14.2. The van der Waals surface area contributed by atoms with Gasteiger partial charge in [-0.2, -0.15) is 5.10 Å². The lowest BCUT2D eigenvalue weighted by Gasteiger charge is -2.09. The van der Waals surface area contributed by atoms with Crippen LogP contribution in [0, 0.1) is 0 Å². The van der Waals surface area contributed by atoms with E-state index < -0.39 is 0 Å². The summed E-state index contributed by atoms with van der Waals surface area (Å²) in [4.78, 5) is 4.46. The largest absolute Gasteiger partial charge is 0.369 e. The Morgan fingerprint density at radius 2 is 2.05 bits per heavy atom. The number of anilines is 1. The van der Waals surface area contributed by atoms with Crippen LogP contribution in [0.3, 0.4) is 0 Å². The fraction of sp³-hybridized carbons (Fsp3) is 0.286. The smallest absolute Gasteiger partial charge is 0.207 e. The van der Waals surface area contributed by atoms with Gasteiger partial charge >= 0.3 is 0 Å².